The van der Waals surface area contributed by atoms with Crippen molar-refractivity contribution in [1.29, 1.82) is 0 Å². The normalized spacial score (nSPS) is 13.8. The first-order valence-electron chi connectivity index (χ1n) is 10.7. The predicted octanol–water partition coefficient (Wildman–Crippen LogP) is 4.65. The highest BCUT2D eigenvalue weighted by Crippen LogP contribution is 2.40. The van der Waals surface area contributed by atoms with Gasteiger partial charge in [0.05, 0.1) is 11.0 Å². The summed E-state index contributed by atoms with van der Waals surface area (Å²) in [5.41, 5.74) is 8.11. The standard InChI is InChI=1S/C26H20BN3O/c1-15-12-22-24-23(13-15)31-25-16(2)18-9-5-4-8-17(18)14-19(25)27(24)30-21-11-7-6-10-20(21)28-26(30)29(22)3/h4-14H,1-3H3. The molecule has 148 valence electrons. The topological polar surface area (TPSA) is 30.3 Å². The third kappa shape index (κ3) is 2.08. The van der Waals surface area contributed by atoms with Gasteiger partial charge in [0.15, 0.2) is 5.95 Å². The average Bonchev–Trinajstić information content (AvgIpc) is 3.17. The van der Waals surface area contributed by atoms with Crippen molar-refractivity contribution in [2.24, 2.45) is 0 Å². The Kier molecular flexibility index (Phi) is 3.13. The fraction of sp³-hybridized carbons (Fsp3) is 0.115. The lowest BCUT2D eigenvalue weighted by Crippen LogP contribution is -2.56. The molecule has 0 atom stereocenters. The highest BCUT2D eigenvalue weighted by molar-refractivity contribution is 6.88. The van der Waals surface area contributed by atoms with E-state index in [1.165, 1.54) is 38.5 Å². The molecule has 0 saturated carbocycles. The maximum absolute atomic E-state index is 6.64. The van der Waals surface area contributed by atoms with Gasteiger partial charge in [-0.25, -0.2) is 4.98 Å². The van der Waals surface area contributed by atoms with E-state index in [0.717, 1.165) is 28.5 Å². The molecule has 0 spiro atoms. The zero-order valence-corrected chi connectivity index (χ0v) is 17.7. The maximum atomic E-state index is 6.64. The molecule has 0 radical (unpaired) electrons. The summed E-state index contributed by atoms with van der Waals surface area (Å²) in [6, 6.07) is 23.7. The Labute approximate surface area is 180 Å². The lowest BCUT2D eigenvalue weighted by atomic mass is 9.47. The van der Waals surface area contributed by atoms with E-state index >= 15 is 0 Å². The van der Waals surface area contributed by atoms with Crippen molar-refractivity contribution in [3.63, 3.8) is 0 Å². The molecule has 3 heterocycles. The van der Waals surface area contributed by atoms with Gasteiger partial charge in [-0.15, -0.1) is 0 Å². The molecule has 31 heavy (non-hydrogen) atoms. The quantitative estimate of drug-likeness (QED) is 0.347. The van der Waals surface area contributed by atoms with Crippen molar-refractivity contribution in [3.05, 3.63) is 77.9 Å². The molecule has 5 aromatic rings. The van der Waals surface area contributed by atoms with Gasteiger partial charge in [-0.3, -0.25) is 0 Å². The van der Waals surface area contributed by atoms with Crippen molar-refractivity contribution in [3.8, 4) is 11.5 Å². The van der Waals surface area contributed by atoms with Crippen LogP contribution in [0.25, 0.3) is 21.8 Å². The van der Waals surface area contributed by atoms with Gasteiger partial charge in [-0.05, 0) is 65.5 Å². The van der Waals surface area contributed by atoms with Gasteiger partial charge in [0.1, 0.15) is 11.5 Å². The highest BCUT2D eigenvalue weighted by atomic mass is 16.5. The van der Waals surface area contributed by atoms with Crippen molar-refractivity contribution >= 4 is 51.2 Å². The van der Waals surface area contributed by atoms with Crippen LogP contribution in [-0.4, -0.2) is 23.4 Å². The van der Waals surface area contributed by atoms with Crippen molar-refractivity contribution in [1.82, 2.24) is 9.46 Å². The number of anilines is 2. The van der Waals surface area contributed by atoms with Gasteiger partial charge in [0.25, 0.3) is 0 Å². The fourth-order valence-electron chi connectivity index (χ4n) is 5.42. The molecule has 0 bridgehead atoms. The number of aromatic nitrogens is 2. The zero-order chi connectivity index (χ0) is 20.9. The molecule has 5 heteroatoms. The average molecular weight is 401 g/mol. The highest BCUT2D eigenvalue weighted by Gasteiger charge is 2.43. The lowest BCUT2D eigenvalue weighted by molar-refractivity contribution is 0.483. The van der Waals surface area contributed by atoms with Crippen LogP contribution in [-0.2, 0) is 0 Å². The van der Waals surface area contributed by atoms with Crippen LogP contribution in [0.5, 0.6) is 11.5 Å². The summed E-state index contributed by atoms with van der Waals surface area (Å²) in [4.78, 5) is 7.22. The Bertz CT molecular complexity index is 1570. The first kappa shape index (κ1) is 17.0. The van der Waals surface area contributed by atoms with Crippen LogP contribution in [0.4, 0.5) is 11.6 Å². The second-order valence-corrected chi connectivity index (χ2v) is 8.67. The molecule has 4 nitrogen and oxygen atoms in total. The van der Waals surface area contributed by atoms with E-state index in [2.05, 4.69) is 97.0 Å². The molecule has 0 N–H and O–H groups in total. The van der Waals surface area contributed by atoms with Crippen LogP contribution in [0.3, 0.4) is 0 Å². The van der Waals surface area contributed by atoms with E-state index in [-0.39, 0.29) is 6.85 Å². The molecular weight excluding hydrogens is 381 g/mol. The van der Waals surface area contributed by atoms with Gasteiger partial charge < -0.3 is 14.1 Å². The monoisotopic (exact) mass is 401 g/mol. The molecule has 1 aromatic heterocycles. The fourth-order valence-corrected chi connectivity index (χ4v) is 5.42. The van der Waals surface area contributed by atoms with Gasteiger partial charge in [0, 0.05) is 18.2 Å². The van der Waals surface area contributed by atoms with Crippen LogP contribution < -0.4 is 20.6 Å². The van der Waals surface area contributed by atoms with E-state index in [9.17, 15) is 0 Å². The van der Waals surface area contributed by atoms with E-state index in [0.29, 0.717) is 0 Å². The summed E-state index contributed by atoms with van der Waals surface area (Å²) < 4.78 is 9.02. The molecule has 0 saturated heterocycles. The summed E-state index contributed by atoms with van der Waals surface area (Å²) in [5.74, 6) is 2.89. The summed E-state index contributed by atoms with van der Waals surface area (Å²) in [7, 11) is 2.10. The first-order valence-corrected chi connectivity index (χ1v) is 10.7. The minimum absolute atomic E-state index is 0.0243. The van der Waals surface area contributed by atoms with Crippen LogP contribution >= 0.6 is 0 Å². The SMILES string of the molecule is Cc1cc2c3c(c1)N(C)c1nc4ccccc4n1B3c1cc3ccccc3c(C)c1O2. The number of ether oxygens (including phenoxy) is 1. The van der Waals surface area contributed by atoms with Crippen LogP contribution in [0.15, 0.2) is 66.7 Å². The van der Waals surface area contributed by atoms with Crippen LogP contribution in [0.1, 0.15) is 11.1 Å². The van der Waals surface area contributed by atoms with Gasteiger partial charge in [-0.1, -0.05) is 42.5 Å². The van der Waals surface area contributed by atoms with Crippen LogP contribution in [0.2, 0.25) is 0 Å². The van der Waals surface area contributed by atoms with Gasteiger partial charge in [-0.2, -0.15) is 0 Å². The van der Waals surface area contributed by atoms with E-state index in [1.807, 2.05) is 0 Å². The first-order chi connectivity index (χ1) is 15.1. The molecule has 0 fully saturated rings. The number of hydrogen-bond acceptors (Lipinski definition) is 3. The zero-order valence-electron chi connectivity index (χ0n) is 17.7. The van der Waals surface area contributed by atoms with Gasteiger partial charge in [0.2, 0.25) is 0 Å². The maximum Gasteiger partial charge on any atom is 0.340 e. The second-order valence-electron chi connectivity index (χ2n) is 8.67. The Morgan fingerprint density at radius 2 is 1.74 bits per heavy atom. The van der Waals surface area contributed by atoms with E-state index in [4.69, 9.17) is 9.72 Å². The minimum Gasteiger partial charge on any atom is -0.458 e. The number of hydrogen-bond donors (Lipinski definition) is 0. The van der Waals surface area contributed by atoms with Crippen molar-refractivity contribution in [2.45, 2.75) is 13.8 Å². The number of fused-ring (bicyclic) bond motifs is 7. The number of rotatable bonds is 0. The van der Waals surface area contributed by atoms with Gasteiger partial charge >= 0.3 is 6.85 Å². The Hall–Kier alpha value is -3.73. The molecule has 2 aliphatic heterocycles. The number of nitrogens with zero attached hydrogens (tertiary/aromatic N) is 3. The molecule has 4 aromatic carbocycles. The molecular formula is C26H20BN3O. The third-order valence-electron chi connectivity index (χ3n) is 6.82. The Morgan fingerprint density at radius 1 is 0.935 bits per heavy atom. The Morgan fingerprint density at radius 3 is 2.65 bits per heavy atom. The summed E-state index contributed by atoms with van der Waals surface area (Å²) in [6.45, 7) is 4.32. The van der Waals surface area contributed by atoms with Crippen LogP contribution in [0, 0.1) is 13.8 Å². The molecule has 0 unspecified atom stereocenters. The molecule has 2 aliphatic rings. The molecule has 0 amide bonds. The minimum atomic E-state index is 0.0243. The summed E-state index contributed by atoms with van der Waals surface area (Å²) in [5, 5.41) is 2.48. The lowest BCUT2D eigenvalue weighted by Gasteiger charge is -2.38. The predicted molar refractivity (Wildman–Crippen MR) is 128 cm³/mol. The van der Waals surface area contributed by atoms with Crippen molar-refractivity contribution in [2.75, 3.05) is 11.9 Å². The third-order valence-corrected chi connectivity index (χ3v) is 6.82. The second kappa shape index (κ2) is 5.70. The number of imidazole rings is 1. The summed E-state index contributed by atoms with van der Waals surface area (Å²) in [6.07, 6.45) is 0. The number of aryl methyl sites for hydroxylation is 2. The van der Waals surface area contributed by atoms with Crippen molar-refractivity contribution < 1.29 is 4.74 Å². The Balaban J connectivity index is 1.66. The smallest absolute Gasteiger partial charge is 0.340 e. The molecule has 7 rings (SSSR count). The summed E-state index contributed by atoms with van der Waals surface area (Å²) >= 11 is 0. The van der Waals surface area contributed by atoms with E-state index < -0.39 is 0 Å². The molecule has 0 aliphatic carbocycles. The number of benzene rings is 4. The largest absolute Gasteiger partial charge is 0.458 e. The van der Waals surface area contributed by atoms with E-state index in [1.54, 1.807) is 0 Å². The number of para-hydroxylation sites is 2.